The van der Waals surface area contributed by atoms with Crippen LogP contribution in [0.15, 0.2) is 30.3 Å². The molecule has 0 spiro atoms. The molecule has 20 heavy (non-hydrogen) atoms. The number of aliphatic carboxylic acids is 1. The summed E-state index contributed by atoms with van der Waals surface area (Å²) < 4.78 is 0. The summed E-state index contributed by atoms with van der Waals surface area (Å²) in [6.07, 6.45) is 1.62. The van der Waals surface area contributed by atoms with Crippen LogP contribution in [0.2, 0.25) is 0 Å². The van der Waals surface area contributed by atoms with Gasteiger partial charge in [-0.2, -0.15) is 0 Å². The summed E-state index contributed by atoms with van der Waals surface area (Å²) in [7, 11) is 2.03. The topological polar surface area (TPSA) is 52.6 Å². The first-order valence-corrected chi connectivity index (χ1v) is 7.29. The third-order valence-electron chi connectivity index (χ3n) is 3.58. The van der Waals surface area contributed by atoms with Crippen molar-refractivity contribution < 1.29 is 9.90 Å². The lowest BCUT2D eigenvalue weighted by Crippen LogP contribution is -2.51. The molecular weight excluding hydrogens is 252 g/mol. The lowest BCUT2D eigenvalue weighted by atomic mass is 9.86. The van der Waals surface area contributed by atoms with Crippen LogP contribution in [0.3, 0.4) is 0 Å². The summed E-state index contributed by atoms with van der Waals surface area (Å²) in [5.74, 6) is -0.810. The molecule has 0 aliphatic heterocycles. The number of rotatable bonds is 9. The summed E-state index contributed by atoms with van der Waals surface area (Å²) in [5.41, 5.74) is -0.183. The van der Waals surface area contributed by atoms with E-state index in [4.69, 9.17) is 0 Å². The number of nitrogens with zero attached hydrogens (tertiary/aromatic N) is 1. The molecule has 0 bridgehead atoms. The molecule has 0 aliphatic carbocycles. The predicted molar refractivity (Wildman–Crippen MR) is 81.8 cm³/mol. The number of likely N-dealkylation sites (N-methyl/N-ethyl adjacent to an activating group) is 1. The van der Waals surface area contributed by atoms with Crippen LogP contribution >= 0.6 is 0 Å². The Morgan fingerprint density at radius 3 is 2.40 bits per heavy atom. The first-order chi connectivity index (χ1) is 9.56. The maximum absolute atomic E-state index is 11.9. The molecule has 0 saturated carbocycles. The number of carboxylic acids is 1. The van der Waals surface area contributed by atoms with Gasteiger partial charge in [0.15, 0.2) is 0 Å². The molecule has 1 aromatic rings. The molecule has 0 radical (unpaired) electrons. The molecule has 4 nitrogen and oxygen atoms in total. The van der Waals surface area contributed by atoms with Crippen molar-refractivity contribution in [3.8, 4) is 0 Å². The quantitative estimate of drug-likeness (QED) is 0.728. The highest BCUT2D eigenvalue weighted by Crippen LogP contribution is 2.26. The van der Waals surface area contributed by atoms with Gasteiger partial charge >= 0.3 is 5.97 Å². The van der Waals surface area contributed by atoms with E-state index < -0.39 is 11.5 Å². The minimum absolute atomic E-state index is 0.552. The van der Waals surface area contributed by atoms with Gasteiger partial charge in [-0.25, -0.2) is 4.79 Å². The van der Waals surface area contributed by atoms with E-state index in [1.165, 1.54) is 0 Å². The lowest BCUT2D eigenvalue weighted by molar-refractivity contribution is -0.146. The van der Waals surface area contributed by atoms with Crippen LogP contribution in [0.1, 0.15) is 32.3 Å². The molecule has 0 heterocycles. The summed E-state index contributed by atoms with van der Waals surface area (Å²) in [4.78, 5) is 14.1. The molecule has 112 valence electrons. The van der Waals surface area contributed by atoms with Crippen LogP contribution in [0.4, 0.5) is 0 Å². The van der Waals surface area contributed by atoms with Crippen LogP contribution in [-0.4, -0.2) is 42.7 Å². The summed E-state index contributed by atoms with van der Waals surface area (Å²) in [5, 5.41) is 13.0. The van der Waals surface area contributed by atoms with Gasteiger partial charge in [0.2, 0.25) is 0 Å². The average Bonchev–Trinajstić information content (AvgIpc) is 2.44. The van der Waals surface area contributed by atoms with Gasteiger partial charge in [0, 0.05) is 6.54 Å². The third kappa shape index (κ3) is 4.05. The van der Waals surface area contributed by atoms with Crippen molar-refractivity contribution in [2.45, 2.75) is 32.2 Å². The second kappa shape index (κ2) is 8.02. The highest BCUT2D eigenvalue weighted by atomic mass is 16.4. The van der Waals surface area contributed by atoms with Gasteiger partial charge in [-0.3, -0.25) is 5.32 Å². The van der Waals surface area contributed by atoms with E-state index in [9.17, 15) is 9.90 Å². The van der Waals surface area contributed by atoms with Crippen molar-refractivity contribution in [2.75, 3.05) is 26.7 Å². The van der Waals surface area contributed by atoms with E-state index >= 15 is 0 Å². The Bertz CT molecular complexity index is 408. The normalized spacial score (nSPS) is 14.2. The van der Waals surface area contributed by atoms with Gasteiger partial charge in [0.1, 0.15) is 5.54 Å². The van der Waals surface area contributed by atoms with Gasteiger partial charge in [-0.05, 0) is 38.5 Å². The van der Waals surface area contributed by atoms with Crippen molar-refractivity contribution in [2.24, 2.45) is 0 Å². The molecule has 2 N–H and O–H groups in total. The average molecular weight is 278 g/mol. The van der Waals surface area contributed by atoms with Crippen molar-refractivity contribution >= 4 is 5.97 Å². The van der Waals surface area contributed by atoms with Crippen molar-refractivity contribution in [3.63, 3.8) is 0 Å². The Labute approximate surface area is 121 Å². The molecule has 4 heteroatoms. The SMILES string of the molecule is CCCN(C)CCC(NCC)(C(=O)O)c1ccccc1. The second-order valence-corrected chi connectivity index (χ2v) is 5.16. The summed E-state index contributed by atoms with van der Waals surface area (Å²) >= 11 is 0. The van der Waals surface area contributed by atoms with E-state index in [2.05, 4.69) is 17.1 Å². The molecule has 0 saturated heterocycles. The number of hydrogen-bond acceptors (Lipinski definition) is 3. The van der Waals surface area contributed by atoms with E-state index in [0.29, 0.717) is 13.0 Å². The Hall–Kier alpha value is -1.39. The molecule has 0 fully saturated rings. The first kappa shape index (κ1) is 16.7. The number of benzene rings is 1. The molecule has 0 aromatic heterocycles. The van der Waals surface area contributed by atoms with E-state index in [-0.39, 0.29) is 0 Å². The molecule has 0 amide bonds. The minimum atomic E-state index is -1.00. The number of nitrogens with one attached hydrogen (secondary N) is 1. The van der Waals surface area contributed by atoms with Crippen molar-refractivity contribution in [1.82, 2.24) is 10.2 Å². The maximum Gasteiger partial charge on any atom is 0.328 e. The number of carboxylic acid groups (broad SMARTS) is 1. The van der Waals surface area contributed by atoms with E-state index in [0.717, 1.165) is 25.1 Å². The highest BCUT2D eigenvalue weighted by molar-refractivity contribution is 5.80. The first-order valence-electron chi connectivity index (χ1n) is 7.29. The van der Waals surface area contributed by atoms with Crippen molar-refractivity contribution in [1.29, 1.82) is 0 Å². The number of carbonyl (C=O) groups is 1. The third-order valence-corrected chi connectivity index (χ3v) is 3.58. The zero-order valence-electron chi connectivity index (χ0n) is 12.7. The largest absolute Gasteiger partial charge is 0.480 e. The predicted octanol–water partition coefficient (Wildman–Crippen LogP) is 2.31. The fraction of sp³-hybridized carbons (Fsp3) is 0.562. The highest BCUT2D eigenvalue weighted by Gasteiger charge is 2.39. The Kier molecular flexibility index (Phi) is 6.68. The van der Waals surface area contributed by atoms with Gasteiger partial charge in [-0.15, -0.1) is 0 Å². The monoisotopic (exact) mass is 278 g/mol. The molecule has 1 aromatic carbocycles. The standard InChI is InChI=1S/C16H26N2O2/c1-4-12-18(3)13-11-16(15(19)20,17-5-2)14-9-7-6-8-10-14/h6-10,17H,4-5,11-13H2,1-3H3,(H,19,20). The summed E-state index contributed by atoms with van der Waals surface area (Å²) in [6.45, 7) is 6.43. The van der Waals surface area contributed by atoms with Gasteiger partial charge in [0.05, 0.1) is 0 Å². The molecule has 1 rings (SSSR count). The molecule has 1 unspecified atom stereocenters. The lowest BCUT2D eigenvalue weighted by Gasteiger charge is -2.32. The Morgan fingerprint density at radius 2 is 1.90 bits per heavy atom. The molecular formula is C16H26N2O2. The van der Waals surface area contributed by atoms with Crippen molar-refractivity contribution in [3.05, 3.63) is 35.9 Å². The van der Waals surface area contributed by atoms with Gasteiger partial charge < -0.3 is 10.0 Å². The zero-order valence-corrected chi connectivity index (χ0v) is 12.7. The summed E-state index contributed by atoms with van der Waals surface area (Å²) in [6, 6.07) is 9.46. The smallest absolute Gasteiger partial charge is 0.328 e. The zero-order chi connectivity index (χ0) is 15.0. The molecule has 0 aliphatic rings. The van der Waals surface area contributed by atoms with Crippen LogP contribution in [0, 0.1) is 0 Å². The maximum atomic E-state index is 11.9. The Balaban J connectivity index is 2.97. The molecule has 1 atom stereocenters. The number of hydrogen-bond donors (Lipinski definition) is 2. The van der Waals surface area contributed by atoms with Crippen LogP contribution in [0.5, 0.6) is 0 Å². The van der Waals surface area contributed by atoms with Gasteiger partial charge in [0.25, 0.3) is 0 Å². The van der Waals surface area contributed by atoms with E-state index in [1.54, 1.807) is 0 Å². The fourth-order valence-electron chi connectivity index (χ4n) is 2.52. The van der Waals surface area contributed by atoms with Crippen LogP contribution in [0.25, 0.3) is 0 Å². The van der Waals surface area contributed by atoms with Crippen LogP contribution < -0.4 is 5.32 Å². The Morgan fingerprint density at radius 1 is 1.25 bits per heavy atom. The second-order valence-electron chi connectivity index (χ2n) is 5.16. The fourth-order valence-corrected chi connectivity index (χ4v) is 2.52. The van der Waals surface area contributed by atoms with Crippen LogP contribution in [-0.2, 0) is 10.3 Å². The van der Waals surface area contributed by atoms with E-state index in [1.807, 2.05) is 44.3 Å². The minimum Gasteiger partial charge on any atom is -0.480 e. The van der Waals surface area contributed by atoms with Gasteiger partial charge in [-0.1, -0.05) is 44.2 Å².